The Hall–Kier alpha value is -2.94. The lowest BCUT2D eigenvalue weighted by Crippen LogP contribution is -2.22. The summed E-state index contributed by atoms with van der Waals surface area (Å²) in [5.41, 5.74) is 0.583. The Morgan fingerprint density at radius 1 is 1.32 bits per heavy atom. The van der Waals surface area contributed by atoms with Crippen molar-refractivity contribution in [2.75, 3.05) is 13.2 Å². The zero-order valence-corrected chi connectivity index (χ0v) is 16.7. The Morgan fingerprint density at radius 2 is 2.11 bits per heavy atom. The average molecular weight is 403 g/mol. The van der Waals surface area contributed by atoms with E-state index in [4.69, 9.17) is 9.47 Å². The monoisotopic (exact) mass is 403 g/mol. The highest BCUT2D eigenvalue weighted by molar-refractivity contribution is 7.20. The minimum Gasteiger partial charge on any atom is -0.488 e. The van der Waals surface area contributed by atoms with E-state index in [1.165, 1.54) is 23.2 Å². The van der Waals surface area contributed by atoms with Gasteiger partial charge in [0.1, 0.15) is 9.71 Å². The van der Waals surface area contributed by atoms with Crippen LogP contribution >= 0.6 is 11.3 Å². The first-order chi connectivity index (χ1) is 13.5. The van der Waals surface area contributed by atoms with Crippen LogP contribution in [0, 0.1) is 6.92 Å². The maximum absolute atomic E-state index is 12.9. The summed E-state index contributed by atoms with van der Waals surface area (Å²) in [5, 5.41) is 0.390. The van der Waals surface area contributed by atoms with Crippen LogP contribution < -0.4 is 15.7 Å². The molecule has 0 fully saturated rings. The largest absolute Gasteiger partial charge is 0.488 e. The lowest BCUT2D eigenvalue weighted by Gasteiger charge is -2.08. The third kappa shape index (κ3) is 3.84. The fraction of sp³-hybridized carbons (Fsp3) is 0.368. The van der Waals surface area contributed by atoms with Gasteiger partial charge < -0.3 is 14.5 Å². The van der Waals surface area contributed by atoms with Crippen molar-refractivity contribution >= 4 is 27.5 Å². The van der Waals surface area contributed by atoms with Crippen LogP contribution in [-0.4, -0.2) is 33.7 Å². The number of aryl methyl sites for hydroxylation is 1. The van der Waals surface area contributed by atoms with Gasteiger partial charge in [0, 0.05) is 18.0 Å². The van der Waals surface area contributed by atoms with Crippen molar-refractivity contribution in [2.45, 2.75) is 33.7 Å². The van der Waals surface area contributed by atoms with Crippen LogP contribution in [0.25, 0.3) is 10.2 Å². The first kappa shape index (κ1) is 19.8. The molecule has 0 aliphatic carbocycles. The molecule has 148 valence electrons. The Kier molecular flexibility index (Phi) is 5.93. The number of thiophene rings is 1. The Labute approximate surface area is 164 Å². The highest BCUT2D eigenvalue weighted by Crippen LogP contribution is 2.27. The highest BCUT2D eigenvalue weighted by Gasteiger charge is 2.20. The molecule has 28 heavy (non-hydrogen) atoms. The predicted molar refractivity (Wildman–Crippen MR) is 107 cm³/mol. The van der Waals surface area contributed by atoms with Crippen molar-refractivity contribution in [3.63, 3.8) is 0 Å². The molecular formula is C19H21N3O5S. The van der Waals surface area contributed by atoms with Crippen molar-refractivity contribution in [3.8, 4) is 5.75 Å². The molecule has 0 saturated carbocycles. The van der Waals surface area contributed by atoms with Gasteiger partial charge in [0.15, 0.2) is 5.75 Å². The van der Waals surface area contributed by atoms with Gasteiger partial charge in [0.05, 0.1) is 31.5 Å². The standard InChI is InChI=1S/C19H21N3O5S/c1-4-6-27-14-8-20-12(7-13(14)23)9-22-10-21-17-15(18(22)24)11(3)16(28-17)19(25)26-5-2/h7-8,10H,4-6,9H2,1-3H3,(H,20,23). The number of pyridine rings is 1. The number of aromatic amines is 1. The molecule has 3 aromatic heterocycles. The predicted octanol–water partition coefficient (Wildman–Crippen LogP) is 2.47. The third-order valence-electron chi connectivity index (χ3n) is 4.12. The van der Waals surface area contributed by atoms with Gasteiger partial charge in [-0.3, -0.25) is 14.2 Å². The lowest BCUT2D eigenvalue weighted by atomic mass is 10.2. The number of aromatic nitrogens is 3. The first-order valence-electron chi connectivity index (χ1n) is 8.96. The van der Waals surface area contributed by atoms with E-state index in [2.05, 4.69) is 9.97 Å². The molecule has 0 spiro atoms. The second-order valence-electron chi connectivity index (χ2n) is 6.17. The molecule has 0 aliphatic rings. The van der Waals surface area contributed by atoms with Crippen molar-refractivity contribution in [1.29, 1.82) is 0 Å². The minimum absolute atomic E-state index is 0.148. The van der Waals surface area contributed by atoms with E-state index in [1.54, 1.807) is 13.8 Å². The molecule has 9 heteroatoms. The smallest absolute Gasteiger partial charge is 0.348 e. The molecular weight excluding hydrogens is 382 g/mol. The molecule has 3 rings (SSSR count). The number of ether oxygens (including phenoxy) is 2. The molecule has 0 aliphatic heterocycles. The second kappa shape index (κ2) is 8.39. The van der Waals surface area contributed by atoms with Gasteiger partial charge in [0.2, 0.25) is 5.43 Å². The summed E-state index contributed by atoms with van der Waals surface area (Å²) in [6.07, 6.45) is 3.71. The summed E-state index contributed by atoms with van der Waals surface area (Å²) in [6, 6.07) is 1.41. The molecule has 0 radical (unpaired) electrons. The molecule has 8 nitrogen and oxygen atoms in total. The molecule has 0 unspecified atom stereocenters. The lowest BCUT2D eigenvalue weighted by molar-refractivity contribution is 0.0531. The first-order valence-corrected chi connectivity index (χ1v) is 9.78. The van der Waals surface area contributed by atoms with Crippen LogP contribution in [0.1, 0.15) is 41.2 Å². The van der Waals surface area contributed by atoms with Gasteiger partial charge in [0.25, 0.3) is 5.56 Å². The molecule has 0 saturated heterocycles. The fourth-order valence-corrected chi connectivity index (χ4v) is 3.80. The van der Waals surface area contributed by atoms with Gasteiger partial charge in [-0.05, 0) is 25.8 Å². The Morgan fingerprint density at radius 3 is 2.79 bits per heavy atom. The van der Waals surface area contributed by atoms with E-state index in [0.29, 0.717) is 33.0 Å². The van der Waals surface area contributed by atoms with Crippen LogP contribution in [0.15, 0.2) is 28.2 Å². The number of esters is 1. The average Bonchev–Trinajstić information content (AvgIpc) is 3.01. The third-order valence-corrected chi connectivity index (χ3v) is 5.30. The van der Waals surface area contributed by atoms with Crippen molar-refractivity contribution < 1.29 is 14.3 Å². The maximum Gasteiger partial charge on any atom is 0.348 e. The van der Waals surface area contributed by atoms with Gasteiger partial charge in [-0.15, -0.1) is 11.3 Å². The summed E-state index contributed by atoms with van der Waals surface area (Å²) < 4.78 is 11.8. The summed E-state index contributed by atoms with van der Waals surface area (Å²) >= 11 is 1.14. The van der Waals surface area contributed by atoms with Crippen molar-refractivity contribution in [1.82, 2.24) is 14.5 Å². The van der Waals surface area contributed by atoms with E-state index in [-0.39, 0.29) is 29.9 Å². The summed E-state index contributed by atoms with van der Waals surface area (Å²) in [5.74, 6) is -0.208. The van der Waals surface area contributed by atoms with Crippen LogP contribution in [0.5, 0.6) is 5.75 Å². The topological polar surface area (TPSA) is 103 Å². The Balaban J connectivity index is 1.94. The van der Waals surface area contributed by atoms with Crippen molar-refractivity contribution in [3.05, 3.63) is 55.3 Å². The number of carbonyl (C=O) groups excluding carboxylic acids is 1. The SMILES string of the molecule is CCCOc1c[nH]c(Cn2cnc3sc(C(=O)OCC)c(C)c3c2=O)cc1=O. The highest BCUT2D eigenvalue weighted by atomic mass is 32.1. The second-order valence-corrected chi connectivity index (χ2v) is 7.17. The van der Waals surface area contributed by atoms with Crippen LogP contribution in [-0.2, 0) is 11.3 Å². The molecule has 0 bridgehead atoms. The summed E-state index contributed by atoms with van der Waals surface area (Å²) in [4.78, 5) is 45.2. The number of H-pyrrole nitrogens is 1. The maximum atomic E-state index is 12.9. The van der Waals surface area contributed by atoms with Gasteiger partial charge >= 0.3 is 5.97 Å². The van der Waals surface area contributed by atoms with E-state index < -0.39 is 5.97 Å². The number of nitrogens with one attached hydrogen (secondary N) is 1. The number of hydrogen-bond acceptors (Lipinski definition) is 7. The number of rotatable bonds is 7. The van der Waals surface area contributed by atoms with Crippen LogP contribution in [0.4, 0.5) is 0 Å². The summed E-state index contributed by atoms with van der Waals surface area (Å²) in [7, 11) is 0. The minimum atomic E-state index is -0.457. The number of nitrogens with zero attached hydrogens (tertiary/aromatic N) is 2. The van der Waals surface area contributed by atoms with Crippen LogP contribution in [0.3, 0.4) is 0 Å². The molecule has 0 atom stereocenters. The van der Waals surface area contributed by atoms with E-state index in [9.17, 15) is 14.4 Å². The van der Waals surface area contributed by atoms with E-state index in [0.717, 1.165) is 17.8 Å². The molecule has 1 N–H and O–H groups in total. The summed E-state index contributed by atoms with van der Waals surface area (Å²) in [6.45, 7) is 6.26. The number of hydrogen-bond donors (Lipinski definition) is 1. The Bertz CT molecular complexity index is 1130. The zero-order chi connectivity index (χ0) is 20.3. The molecule has 0 aromatic carbocycles. The zero-order valence-electron chi connectivity index (χ0n) is 15.9. The normalized spacial score (nSPS) is 11.0. The quantitative estimate of drug-likeness (QED) is 0.608. The van der Waals surface area contributed by atoms with Crippen molar-refractivity contribution in [2.24, 2.45) is 0 Å². The number of carbonyl (C=O) groups is 1. The molecule has 3 aromatic rings. The van der Waals surface area contributed by atoms with Crippen LogP contribution in [0.2, 0.25) is 0 Å². The van der Waals surface area contributed by atoms with E-state index >= 15 is 0 Å². The van der Waals surface area contributed by atoms with E-state index in [1.807, 2.05) is 6.92 Å². The van der Waals surface area contributed by atoms with Gasteiger partial charge in [-0.25, -0.2) is 9.78 Å². The van der Waals surface area contributed by atoms with Gasteiger partial charge in [-0.2, -0.15) is 0 Å². The molecule has 3 heterocycles. The number of fused-ring (bicyclic) bond motifs is 1. The fourth-order valence-electron chi connectivity index (χ4n) is 2.76. The molecule has 0 amide bonds. The van der Waals surface area contributed by atoms with Gasteiger partial charge in [-0.1, -0.05) is 6.92 Å².